The van der Waals surface area contributed by atoms with E-state index in [2.05, 4.69) is 127 Å². The molecule has 0 spiro atoms. The molecule has 0 aliphatic rings. The van der Waals surface area contributed by atoms with Gasteiger partial charge in [-0.1, -0.05) is 72.8 Å². The number of pyridine rings is 11. The molecule has 748 valence electrons. The number of benzene rings is 3. The van der Waals surface area contributed by atoms with Crippen LogP contribution in [0.15, 0.2) is 342 Å². The van der Waals surface area contributed by atoms with E-state index in [1.165, 1.54) is 63.0 Å². The van der Waals surface area contributed by atoms with Gasteiger partial charge in [-0.2, -0.15) is 13.2 Å². The minimum absolute atomic E-state index is 0.0167. The van der Waals surface area contributed by atoms with Gasteiger partial charge in [-0.3, -0.25) is 34.9 Å². The number of thiazole rings is 7. The van der Waals surface area contributed by atoms with Crippen molar-refractivity contribution in [3.8, 4) is 108 Å². The molecule has 0 radical (unpaired) electrons. The average Bonchev–Trinajstić information content (AvgIpc) is 1.48. The van der Waals surface area contributed by atoms with Crippen LogP contribution in [0.4, 0.5) is 89.4 Å². The minimum Gasteiger partial charge on any atom is -0.497 e. The number of rotatable bonds is 30. The summed E-state index contributed by atoms with van der Waals surface area (Å²) in [6.45, 7) is 7.40. The molecule has 18 heterocycles. The molecule has 0 amide bonds. The Labute approximate surface area is 879 Å². The molecule has 21 rings (SSSR count). The third-order valence-corrected chi connectivity index (χ3v) is 25.8. The lowest BCUT2D eigenvalue weighted by molar-refractivity contribution is -0.136. The predicted molar refractivity (Wildman–Crippen MR) is 592 cm³/mol. The van der Waals surface area contributed by atoms with E-state index in [1.807, 2.05) is 285 Å². The van der Waals surface area contributed by atoms with Gasteiger partial charge in [-0.15, -0.1) is 79.4 Å². The molecule has 0 fully saturated rings. The lowest BCUT2D eigenvalue weighted by Gasteiger charge is -2.12. The molecule has 0 aliphatic carbocycles. The molecule has 41 heteroatoms. The molecule has 0 saturated carbocycles. The Hall–Kier alpha value is -17.1. The minimum atomic E-state index is -4.41. The van der Waals surface area contributed by atoms with Crippen LogP contribution in [0, 0.1) is 13.8 Å². The van der Waals surface area contributed by atoms with E-state index in [-0.39, 0.29) is 5.69 Å². The molecule has 0 atom stereocenters. The molecule has 0 saturated heterocycles. The van der Waals surface area contributed by atoms with Crippen molar-refractivity contribution in [3.63, 3.8) is 0 Å². The summed E-state index contributed by atoms with van der Waals surface area (Å²) in [7, 11) is 10.5. The van der Waals surface area contributed by atoms with Gasteiger partial charge in [0.25, 0.3) is 0 Å². The maximum absolute atomic E-state index is 13.0. The van der Waals surface area contributed by atoms with Crippen LogP contribution in [-0.4, -0.2) is 145 Å². The van der Waals surface area contributed by atoms with Gasteiger partial charge in [0.2, 0.25) is 0 Å². The zero-order valence-corrected chi connectivity index (χ0v) is 86.8. The summed E-state index contributed by atoms with van der Waals surface area (Å²) < 4.78 is 65.4. The first-order chi connectivity index (χ1) is 72.3. The maximum Gasteiger partial charge on any atom is 0.418 e. The Balaban J connectivity index is 0.000000129. The first kappa shape index (κ1) is 105. The lowest BCUT2D eigenvalue weighted by Crippen LogP contribution is -2.08. The highest BCUT2D eigenvalue weighted by atomic mass is 32.1. The van der Waals surface area contributed by atoms with Gasteiger partial charge in [-0.25, -0.2) is 54.8 Å². The summed E-state index contributed by atoms with van der Waals surface area (Å²) in [5.74, 6) is 6.86. The van der Waals surface area contributed by atoms with Gasteiger partial charge in [0.05, 0.1) is 110 Å². The normalized spacial score (nSPS) is 10.5. The highest BCUT2D eigenvalue weighted by molar-refractivity contribution is 7.16. The smallest absolute Gasteiger partial charge is 0.418 e. The zero-order chi connectivity index (χ0) is 103. The second-order valence-electron chi connectivity index (χ2n) is 31.0. The Bertz CT molecular complexity index is 7590. The fourth-order valence-corrected chi connectivity index (χ4v) is 18.1. The third kappa shape index (κ3) is 31.5. The number of methoxy groups -OCH3 is 4. The quantitative estimate of drug-likeness (QED) is 0.0220. The summed E-state index contributed by atoms with van der Waals surface area (Å²) in [5, 5.41) is 41.1. The topological polar surface area (TPSA) is 366 Å². The van der Waals surface area contributed by atoms with Crippen LogP contribution in [0.5, 0.6) is 28.7 Å². The van der Waals surface area contributed by atoms with Gasteiger partial charge in [-0.05, 0) is 202 Å². The van der Waals surface area contributed by atoms with Gasteiger partial charge in [0.15, 0.2) is 47.4 Å². The van der Waals surface area contributed by atoms with Crippen LogP contribution >= 0.6 is 79.4 Å². The molecule has 18 aromatic heterocycles. The second kappa shape index (κ2) is 54.0. The summed E-state index contributed by atoms with van der Waals surface area (Å²) in [6, 6.07) is 72.7. The monoisotopic (exact) mass is 2110 g/mol. The standard InChI is InChI=1S/C18H19N3O2S.C16H15N3O2S.C15H10F3N3S.C15H15N5S.C15H14N4OS.2C14H12N4S/c1-22-16-7-6-13(11-17(16)23-2)8-10-20-18-21-15(12-24-18)14-5-3-4-9-19-14;1-20-11-6-7-13(15(9-11)21-2)18-16-19-14(10-22-16)12-5-3-4-8-17-12;16-15(17,18)10-5-1-2-6-11(10)20-14-21-13(9-22-14)12-7-3-4-8-19-12;1-20(2)11-6-7-14(17-9-11)19-15-18-13(10-21-15)12-5-3-4-8-16-12;1-2-20-11-6-7-14(17-9-11)19-15-18-13(10-21-15)12-5-3-4-8-16-12;1-10-5-4-8-16-13(10)18-14-17-12(9-19-14)11-6-2-3-7-15-11;1-10-5-6-13(16-8-10)18-14-17-12(9-19-14)11-4-2-3-7-15-11/h3-7,9,11-12H,8,10H2,1-2H3,(H,20,21);3-10H,1-2H3,(H,18,19);1-9H,(H,20,21);3-10H,1-2H3,(H,17,18,19);3-10H,2H2,1H3,(H,17,18,19);2*2-9H,1H3,(H,16,17,18). The van der Waals surface area contributed by atoms with Crippen LogP contribution in [0.25, 0.3) is 79.7 Å². The molecular weight excluding hydrogens is 2010 g/mol. The van der Waals surface area contributed by atoms with E-state index in [9.17, 15) is 13.2 Å². The number of anilines is 14. The SMILES string of the molecule is CCOc1ccc(Nc2nc(-c3ccccn3)cs2)nc1.CN(C)c1ccc(Nc2nc(-c3ccccn3)cs2)nc1.COc1ccc(CCNc2nc(-c3ccccn3)cs2)cc1OC.COc1ccc(Nc2nc(-c3ccccn3)cs2)c(OC)c1.Cc1ccc(Nc2nc(-c3ccccn3)cs2)nc1.Cc1cccnc1Nc1nc(-c2ccccn2)cs1.FC(F)(F)c1ccccc1Nc1nc(-c2ccccn2)cs1. The molecule has 0 aliphatic heterocycles. The van der Waals surface area contributed by atoms with Crippen LogP contribution in [-0.2, 0) is 12.6 Å². The molecule has 3 aromatic carbocycles. The Morgan fingerprint density at radius 3 is 1.06 bits per heavy atom. The van der Waals surface area contributed by atoms with Gasteiger partial charge >= 0.3 is 6.18 Å². The molecule has 7 N–H and O–H groups in total. The van der Waals surface area contributed by atoms with Gasteiger partial charge in [0.1, 0.15) is 80.4 Å². The summed E-state index contributed by atoms with van der Waals surface area (Å²) >= 11 is 10.5. The average molecular weight is 2110 g/mol. The van der Waals surface area contributed by atoms with Crippen LogP contribution in [0.3, 0.4) is 0 Å². The first-order valence-corrected chi connectivity index (χ1v) is 51.6. The Morgan fingerprint density at radius 1 is 0.311 bits per heavy atom. The fraction of sp³-hybridized carbons (Fsp3) is 0.121. The number of aromatic nitrogens is 18. The van der Waals surface area contributed by atoms with Crippen molar-refractivity contribution < 1.29 is 36.9 Å². The number of nitrogens with zero attached hydrogens (tertiary/aromatic N) is 19. The van der Waals surface area contributed by atoms with E-state index >= 15 is 0 Å². The van der Waals surface area contributed by atoms with Gasteiger partial charge in [0, 0.05) is 120 Å². The van der Waals surface area contributed by atoms with Crippen LogP contribution < -0.4 is 65.8 Å². The highest BCUT2D eigenvalue weighted by Crippen LogP contribution is 2.40. The van der Waals surface area contributed by atoms with E-state index in [0.29, 0.717) is 28.9 Å². The fourth-order valence-electron chi connectivity index (χ4n) is 13.1. The predicted octanol–water partition coefficient (Wildman–Crippen LogP) is 27.3. The van der Waals surface area contributed by atoms with Crippen molar-refractivity contribution in [2.45, 2.75) is 33.4 Å². The number of hydrogen-bond donors (Lipinski definition) is 7. The molecule has 31 nitrogen and oxygen atoms in total. The van der Waals surface area contributed by atoms with E-state index in [1.54, 1.807) is 142 Å². The maximum atomic E-state index is 13.0. The number of nitrogens with one attached hydrogen (secondary N) is 7. The van der Waals surface area contributed by atoms with E-state index in [4.69, 9.17) is 23.7 Å². The van der Waals surface area contributed by atoms with Crippen LogP contribution in [0.1, 0.15) is 29.2 Å². The molecular formula is C107H97F3N26O5S7. The van der Waals surface area contributed by atoms with Crippen molar-refractivity contribution in [1.29, 1.82) is 0 Å². The Kier molecular flexibility index (Phi) is 38.4. The van der Waals surface area contributed by atoms with Crippen molar-refractivity contribution in [3.05, 3.63) is 365 Å². The number of aryl methyl sites for hydroxylation is 2. The van der Waals surface area contributed by atoms with Crippen molar-refractivity contribution in [1.82, 2.24) is 89.7 Å². The lowest BCUT2D eigenvalue weighted by atomic mass is 10.1. The first-order valence-electron chi connectivity index (χ1n) is 45.4. The van der Waals surface area contributed by atoms with Crippen molar-refractivity contribution in [2.24, 2.45) is 0 Å². The summed E-state index contributed by atoms with van der Waals surface area (Å²) in [6.07, 6.45) is 15.8. The highest BCUT2D eigenvalue weighted by Gasteiger charge is 2.33. The van der Waals surface area contributed by atoms with E-state index < -0.39 is 11.7 Å². The number of hydrogen-bond acceptors (Lipinski definition) is 38. The third-order valence-electron chi connectivity index (χ3n) is 20.4. The second-order valence-corrected chi connectivity index (χ2v) is 37.0. The number of alkyl halides is 3. The number of ether oxygens (including phenoxy) is 5. The molecule has 0 bridgehead atoms. The van der Waals surface area contributed by atoms with E-state index in [0.717, 1.165) is 187 Å². The van der Waals surface area contributed by atoms with Crippen molar-refractivity contribution in [2.75, 3.05) is 97.8 Å². The number of para-hydroxylation sites is 1. The molecule has 0 unspecified atom stereocenters. The molecule has 21 aromatic rings. The largest absolute Gasteiger partial charge is 0.497 e. The summed E-state index contributed by atoms with van der Waals surface area (Å²) in [4.78, 5) is 80.7. The summed E-state index contributed by atoms with van der Waals surface area (Å²) in [5.41, 5.74) is 16.3. The van der Waals surface area contributed by atoms with Gasteiger partial charge < -0.3 is 65.8 Å². The van der Waals surface area contributed by atoms with Crippen LogP contribution in [0.2, 0.25) is 0 Å². The zero-order valence-electron chi connectivity index (χ0n) is 81.1. The molecule has 148 heavy (non-hydrogen) atoms. The Morgan fingerprint density at radius 2 is 0.689 bits per heavy atom. The number of halogens is 3. The van der Waals surface area contributed by atoms with Crippen molar-refractivity contribution >= 4 is 156 Å².